The zero-order valence-corrected chi connectivity index (χ0v) is 7.36. The van der Waals surface area contributed by atoms with E-state index in [2.05, 4.69) is 5.32 Å². The van der Waals surface area contributed by atoms with Crippen LogP contribution in [0.4, 0.5) is 0 Å². The maximum absolute atomic E-state index is 10.8. The lowest BCUT2D eigenvalue weighted by Crippen LogP contribution is -2.56. The van der Waals surface area contributed by atoms with Gasteiger partial charge in [-0.3, -0.25) is 4.79 Å². The van der Waals surface area contributed by atoms with Crippen LogP contribution in [0.2, 0.25) is 0 Å². The molecule has 1 heterocycles. The van der Waals surface area contributed by atoms with E-state index in [0.717, 1.165) is 6.42 Å². The van der Waals surface area contributed by atoms with Gasteiger partial charge < -0.3 is 10.4 Å². The van der Waals surface area contributed by atoms with Crippen molar-refractivity contribution < 1.29 is 9.90 Å². The standard InChI is InChI=1S/C7H13NO2S/c1-2-5-6(10)8-7(5)11-4-3-9/h5,7,9H,2-4H2,1H3,(H,8,10)/t5-,7+/m0/s1. The highest BCUT2D eigenvalue weighted by molar-refractivity contribution is 8.00. The predicted molar refractivity (Wildman–Crippen MR) is 45.3 cm³/mol. The van der Waals surface area contributed by atoms with Crippen LogP contribution in [0.1, 0.15) is 13.3 Å². The fourth-order valence-corrected chi connectivity index (χ4v) is 2.23. The van der Waals surface area contributed by atoms with Crippen molar-refractivity contribution >= 4 is 17.7 Å². The van der Waals surface area contributed by atoms with E-state index in [1.54, 1.807) is 11.8 Å². The quantitative estimate of drug-likeness (QED) is 0.600. The lowest BCUT2D eigenvalue weighted by atomic mass is 9.99. The summed E-state index contributed by atoms with van der Waals surface area (Å²) < 4.78 is 0. The van der Waals surface area contributed by atoms with E-state index in [-0.39, 0.29) is 23.8 Å². The van der Waals surface area contributed by atoms with E-state index in [1.807, 2.05) is 6.92 Å². The fourth-order valence-electron chi connectivity index (χ4n) is 1.13. The van der Waals surface area contributed by atoms with Crippen molar-refractivity contribution in [3.05, 3.63) is 0 Å². The minimum Gasteiger partial charge on any atom is -0.396 e. The average Bonchev–Trinajstić information content (AvgIpc) is 1.98. The summed E-state index contributed by atoms with van der Waals surface area (Å²) >= 11 is 1.62. The van der Waals surface area contributed by atoms with Crippen LogP contribution >= 0.6 is 11.8 Å². The van der Waals surface area contributed by atoms with Crippen molar-refractivity contribution in [3.8, 4) is 0 Å². The molecule has 3 nitrogen and oxygen atoms in total. The van der Waals surface area contributed by atoms with Crippen LogP contribution in [0.15, 0.2) is 0 Å². The van der Waals surface area contributed by atoms with Crippen molar-refractivity contribution in [1.29, 1.82) is 0 Å². The van der Waals surface area contributed by atoms with Crippen LogP contribution < -0.4 is 5.32 Å². The van der Waals surface area contributed by atoms with Crippen LogP contribution in [0.5, 0.6) is 0 Å². The zero-order chi connectivity index (χ0) is 8.27. The van der Waals surface area contributed by atoms with E-state index in [9.17, 15) is 4.79 Å². The summed E-state index contributed by atoms with van der Waals surface area (Å²) in [5.41, 5.74) is 0. The van der Waals surface area contributed by atoms with Gasteiger partial charge in [0.15, 0.2) is 0 Å². The van der Waals surface area contributed by atoms with E-state index in [4.69, 9.17) is 5.11 Å². The van der Waals surface area contributed by atoms with Crippen molar-refractivity contribution in [1.82, 2.24) is 5.32 Å². The molecule has 4 heteroatoms. The molecule has 0 radical (unpaired) electrons. The topological polar surface area (TPSA) is 49.3 Å². The summed E-state index contributed by atoms with van der Waals surface area (Å²) in [5.74, 6) is 1.04. The van der Waals surface area contributed by atoms with Gasteiger partial charge >= 0.3 is 0 Å². The van der Waals surface area contributed by atoms with Crippen molar-refractivity contribution in [3.63, 3.8) is 0 Å². The normalized spacial score (nSPS) is 29.5. The van der Waals surface area contributed by atoms with Crippen LogP contribution in [-0.4, -0.2) is 28.7 Å². The van der Waals surface area contributed by atoms with Gasteiger partial charge in [0, 0.05) is 5.75 Å². The Morgan fingerprint density at radius 3 is 2.91 bits per heavy atom. The van der Waals surface area contributed by atoms with Crippen molar-refractivity contribution in [2.75, 3.05) is 12.4 Å². The summed E-state index contributed by atoms with van der Waals surface area (Å²) in [4.78, 5) is 10.8. The smallest absolute Gasteiger partial charge is 0.226 e. The molecule has 0 saturated carbocycles. The Labute approximate surface area is 70.6 Å². The van der Waals surface area contributed by atoms with Gasteiger partial charge in [0.05, 0.1) is 17.9 Å². The number of aliphatic hydroxyl groups excluding tert-OH is 1. The predicted octanol–water partition coefficient (Wildman–Crippen LogP) is 0.194. The highest BCUT2D eigenvalue weighted by Crippen LogP contribution is 2.27. The molecule has 2 atom stereocenters. The molecule has 0 aromatic carbocycles. The molecule has 1 amide bonds. The van der Waals surface area contributed by atoms with Crippen molar-refractivity contribution in [2.45, 2.75) is 18.7 Å². The van der Waals surface area contributed by atoms with E-state index >= 15 is 0 Å². The number of amides is 1. The third kappa shape index (κ3) is 1.87. The second-order valence-electron chi connectivity index (χ2n) is 2.54. The van der Waals surface area contributed by atoms with Crippen LogP contribution in [0, 0.1) is 5.92 Å². The van der Waals surface area contributed by atoms with Gasteiger partial charge in [-0.2, -0.15) is 0 Å². The molecule has 0 unspecified atom stereocenters. The molecule has 0 aromatic heterocycles. The monoisotopic (exact) mass is 175 g/mol. The fraction of sp³-hybridized carbons (Fsp3) is 0.857. The Kier molecular flexibility index (Phi) is 3.20. The van der Waals surface area contributed by atoms with E-state index < -0.39 is 0 Å². The Morgan fingerprint density at radius 1 is 1.73 bits per heavy atom. The molecule has 64 valence electrons. The first-order valence-corrected chi connectivity index (χ1v) is 4.87. The largest absolute Gasteiger partial charge is 0.396 e. The van der Waals surface area contributed by atoms with Gasteiger partial charge in [-0.05, 0) is 6.42 Å². The number of aliphatic hydroxyl groups is 1. The minimum absolute atomic E-state index is 0.155. The number of rotatable bonds is 4. The molecule has 1 saturated heterocycles. The van der Waals surface area contributed by atoms with Gasteiger partial charge in [0.2, 0.25) is 5.91 Å². The summed E-state index contributed by atoms with van der Waals surface area (Å²) in [6.07, 6.45) is 0.898. The van der Waals surface area contributed by atoms with Gasteiger partial charge in [-0.15, -0.1) is 11.8 Å². The number of thioether (sulfide) groups is 1. The Hall–Kier alpha value is -0.220. The minimum atomic E-state index is 0.155. The Balaban J connectivity index is 2.21. The molecule has 11 heavy (non-hydrogen) atoms. The van der Waals surface area contributed by atoms with Crippen LogP contribution in [-0.2, 0) is 4.79 Å². The van der Waals surface area contributed by atoms with Gasteiger partial charge in [0.25, 0.3) is 0 Å². The molecule has 0 aliphatic carbocycles. The molecule has 1 rings (SSSR count). The number of β-lactam (4-membered cyclic amide) rings is 1. The highest BCUT2D eigenvalue weighted by atomic mass is 32.2. The molecule has 0 bridgehead atoms. The maximum Gasteiger partial charge on any atom is 0.226 e. The van der Waals surface area contributed by atoms with Crippen molar-refractivity contribution in [2.24, 2.45) is 5.92 Å². The van der Waals surface area contributed by atoms with E-state index in [0.29, 0.717) is 5.75 Å². The summed E-state index contributed by atoms with van der Waals surface area (Å²) in [7, 11) is 0. The summed E-state index contributed by atoms with van der Waals surface area (Å²) in [6, 6.07) is 0. The van der Waals surface area contributed by atoms with E-state index in [1.165, 1.54) is 0 Å². The zero-order valence-electron chi connectivity index (χ0n) is 6.54. The lowest BCUT2D eigenvalue weighted by molar-refractivity contribution is -0.132. The first kappa shape index (κ1) is 8.87. The molecule has 1 aliphatic rings. The number of hydrogen-bond acceptors (Lipinski definition) is 3. The lowest BCUT2D eigenvalue weighted by Gasteiger charge is -2.35. The number of carbonyl (C=O) groups is 1. The first-order chi connectivity index (χ1) is 5.29. The Morgan fingerprint density at radius 2 is 2.45 bits per heavy atom. The van der Waals surface area contributed by atoms with Crippen LogP contribution in [0.3, 0.4) is 0 Å². The molecule has 2 N–H and O–H groups in total. The number of hydrogen-bond donors (Lipinski definition) is 2. The summed E-state index contributed by atoms with van der Waals surface area (Å²) in [5, 5.41) is 11.6. The van der Waals surface area contributed by atoms with Crippen LogP contribution in [0.25, 0.3) is 0 Å². The first-order valence-electron chi connectivity index (χ1n) is 3.82. The highest BCUT2D eigenvalue weighted by Gasteiger charge is 2.37. The molecule has 0 spiro atoms. The SMILES string of the molecule is CC[C@H]1C(=O)N[C@@H]1SCCO. The second-order valence-corrected chi connectivity index (χ2v) is 3.79. The summed E-state index contributed by atoms with van der Waals surface area (Å²) in [6.45, 7) is 2.20. The third-order valence-corrected chi connectivity index (χ3v) is 3.04. The maximum atomic E-state index is 10.8. The van der Waals surface area contributed by atoms with Gasteiger partial charge in [0.1, 0.15) is 0 Å². The molecule has 1 fully saturated rings. The average molecular weight is 175 g/mol. The molecular formula is C7H13NO2S. The van der Waals surface area contributed by atoms with Gasteiger partial charge in [-0.25, -0.2) is 0 Å². The number of nitrogens with one attached hydrogen (secondary N) is 1. The Bertz CT molecular complexity index is 151. The van der Waals surface area contributed by atoms with Gasteiger partial charge in [-0.1, -0.05) is 6.92 Å². The molecular weight excluding hydrogens is 162 g/mol. The molecule has 0 aromatic rings. The molecule has 1 aliphatic heterocycles. The second kappa shape index (κ2) is 3.97. The third-order valence-electron chi connectivity index (χ3n) is 1.82. The number of carbonyl (C=O) groups excluding carboxylic acids is 1.